The minimum Gasteiger partial charge on any atom is -0.341 e. The number of hydrogen-bond acceptors (Lipinski definition) is 3. The lowest BCUT2D eigenvalue weighted by Gasteiger charge is -2.52. The van der Waals surface area contributed by atoms with E-state index < -0.39 is 5.82 Å². The fourth-order valence-electron chi connectivity index (χ4n) is 5.41. The van der Waals surface area contributed by atoms with Gasteiger partial charge in [0, 0.05) is 26.2 Å². The molecule has 1 spiro atoms. The molecule has 6 nitrogen and oxygen atoms in total. The Morgan fingerprint density at radius 1 is 0.966 bits per heavy atom. The van der Waals surface area contributed by atoms with Gasteiger partial charge in [0.05, 0.1) is 11.7 Å². The summed E-state index contributed by atoms with van der Waals surface area (Å²) in [5.74, 6) is -0.159. The van der Waals surface area contributed by atoms with Crippen molar-refractivity contribution in [2.75, 3.05) is 45.1 Å². The summed E-state index contributed by atoms with van der Waals surface area (Å²) in [6.07, 6.45) is 5.93. The van der Waals surface area contributed by atoms with E-state index in [0.717, 1.165) is 58.2 Å². The number of piperidine rings is 2. The minimum atomic E-state index is -0.431. The van der Waals surface area contributed by atoms with E-state index in [1.165, 1.54) is 6.07 Å². The monoisotopic (exact) mass is 402 g/mol. The number of likely N-dealkylation sites (tertiary alicyclic amines) is 3. The Kier molecular flexibility index (Phi) is 5.76. The lowest BCUT2D eigenvalue weighted by molar-refractivity contribution is -0.145. The predicted molar refractivity (Wildman–Crippen MR) is 110 cm³/mol. The first-order valence-corrected chi connectivity index (χ1v) is 10.8. The molecular weight excluding hydrogens is 371 g/mol. The lowest BCUT2D eigenvalue weighted by Crippen LogP contribution is -2.61. The molecule has 0 bridgehead atoms. The molecule has 3 aliphatic heterocycles. The highest BCUT2D eigenvalue weighted by molar-refractivity contribution is 5.89. The van der Waals surface area contributed by atoms with Gasteiger partial charge < -0.3 is 15.1 Å². The third kappa shape index (κ3) is 3.97. The number of urea groups is 1. The molecule has 3 heterocycles. The third-order valence-corrected chi connectivity index (χ3v) is 7.02. The maximum Gasteiger partial charge on any atom is 0.321 e. The summed E-state index contributed by atoms with van der Waals surface area (Å²) in [6, 6.07) is 5.86. The molecule has 0 aromatic heterocycles. The summed E-state index contributed by atoms with van der Waals surface area (Å²) in [5, 5.41) is 2.69. The van der Waals surface area contributed by atoms with E-state index in [1.807, 2.05) is 4.90 Å². The van der Waals surface area contributed by atoms with E-state index in [9.17, 15) is 14.0 Å². The van der Waals surface area contributed by atoms with Gasteiger partial charge in [-0.15, -0.1) is 0 Å². The van der Waals surface area contributed by atoms with Gasteiger partial charge in [-0.05, 0) is 69.7 Å². The molecule has 1 N–H and O–H groups in total. The number of para-hydroxylation sites is 1. The average molecular weight is 403 g/mol. The molecule has 3 aliphatic rings. The molecule has 3 saturated heterocycles. The number of anilines is 1. The maximum atomic E-state index is 13.9. The highest BCUT2D eigenvalue weighted by Gasteiger charge is 2.50. The zero-order chi connectivity index (χ0) is 20.4. The molecule has 7 heteroatoms. The van der Waals surface area contributed by atoms with Crippen LogP contribution >= 0.6 is 0 Å². The molecule has 158 valence electrons. The zero-order valence-corrected chi connectivity index (χ0v) is 17.2. The normalized spacial score (nSPS) is 24.7. The van der Waals surface area contributed by atoms with Crippen LogP contribution in [0.5, 0.6) is 0 Å². The van der Waals surface area contributed by atoms with Gasteiger partial charge in [-0.1, -0.05) is 12.1 Å². The predicted octanol–water partition coefficient (Wildman–Crippen LogP) is 3.16. The fraction of sp³-hybridized carbons (Fsp3) is 0.636. The summed E-state index contributed by atoms with van der Waals surface area (Å²) < 4.78 is 13.9. The van der Waals surface area contributed by atoms with Crippen LogP contribution in [0.1, 0.15) is 38.5 Å². The molecule has 1 unspecified atom stereocenters. The van der Waals surface area contributed by atoms with Gasteiger partial charge in [0.2, 0.25) is 5.91 Å². The van der Waals surface area contributed by atoms with Crippen LogP contribution in [-0.2, 0) is 4.79 Å². The summed E-state index contributed by atoms with van der Waals surface area (Å²) in [6.45, 7) is 3.88. The van der Waals surface area contributed by atoms with Gasteiger partial charge in [-0.3, -0.25) is 9.69 Å². The van der Waals surface area contributed by atoms with Crippen LogP contribution in [0.15, 0.2) is 24.3 Å². The van der Waals surface area contributed by atoms with E-state index in [2.05, 4.69) is 17.3 Å². The van der Waals surface area contributed by atoms with Crippen molar-refractivity contribution in [2.45, 2.75) is 44.6 Å². The van der Waals surface area contributed by atoms with Crippen molar-refractivity contribution in [3.63, 3.8) is 0 Å². The van der Waals surface area contributed by atoms with Crippen molar-refractivity contribution < 1.29 is 14.0 Å². The van der Waals surface area contributed by atoms with Crippen LogP contribution in [-0.4, -0.2) is 72.5 Å². The van der Waals surface area contributed by atoms with Crippen molar-refractivity contribution in [3.8, 4) is 0 Å². The van der Waals surface area contributed by atoms with Crippen molar-refractivity contribution >= 4 is 17.6 Å². The number of carbonyl (C=O) groups excluding carboxylic acids is 2. The van der Waals surface area contributed by atoms with Crippen LogP contribution < -0.4 is 5.32 Å². The number of likely N-dealkylation sites (N-methyl/N-ethyl adjacent to an activating group) is 1. The van der Waals surface area contributed by atoms with Gasteiger partial charge in [-0.25, -0.2) is 9.18 Å². The summed E-state index contributed by atoms with van der Waals surface area (Å²) >= 11 is 0. The Hall–Kier alpha value is -2.15. The smallest absolute Gasteiger partial charge is 0.321 e. The van der Waals surface area contributed by atoms with Gasteiger partial charge in [-0.2, -0.15) is 0 Å². The van der Waals surface area contributed by atoms with E-state index in [1.54, 1.807) is 23.1 Å². The number of nitrogens with one attached hydrogen (secondary N) is 1. The topological polar surface area (TPSA) is 55.9 Å². The second kappa shape index (κ2) is 8.30. The molecule has 0 saturated carbocycles. The molecule has 29 heavy (non-hydrogen) atoms. The van der Waals surface area contributed by atoms with Crippen LogP contribution in [0, 0.1) is 11.2 Å². The highest BCUT2D eigenvalue weighted by atomic mass is 19.1. The first-order chi connectivity index (χ1) is 14.0. The van der Waals surface area contributed by atoms with Gasteiger partial charge >= 0.3 is 6.03 Å². The van der Waals surface area contributed by atoms with Crippen molar-refractivity contribution in [3.05, 3.63) is 30.1 Å². The Balaban J connectivity index is 1.43. The highest BCUT2D eigenvalue weighted by Crippen LogP contribution is 2.45. The number of nitrogens with zero attached hydrogens (tertiary/aromatic N) is 3. The van der Waals surface area contributed by atoms with Crippen molar-refractivity contribution in [1.82, 2.24) is 14.7 Å². The van der Waals surface area contributed by atoms with E-state index in [4.69, 9.17) is 0 Å². The number of hydrogen-bond donors (Lipinski definition) is 1. The molecule has 4 rings (SSSR count). The maximum absolute atomic E-state index is 13.9. The Labute approximate surface area is 172 Å². The summed E-state index contributed by atoms with van der Waals surface area (Å²) in [4.78, 5) is 32.0. The Bertz CT molecular complexity index is 757. The van der Waals surface area contributed by atoms with Crippen LogP contribution in [0.4, 0.5) is 14.9 Å². The van der Waals surface area contributed by atoms with E-state index in [0.29, 0.717) is 13.1 Å². The largest absolute Gasteiger partial charge is 0.341 e. The second-order valence-electron chi connectivity index (χ2n) is 8.78. The quantitative estimate of drug-likeness (QED) is 0.827. The molecule has 0 radical (unpaired) electrons. The summed E-state index contributed by atoms with van der Waals surface area (Å²) in [7, 11) is 2.07. The number of carbonyl (C=O) groups is 2. The van der Waals surface area contributed by atoms with E-state index >= 15 is 0 Å². The molecule has 0 aliphatic carbocycles. The minimum absolute atomic E-state index is 0.0680. The average Bonchev–Trinajstić information content (AvgIpc) is 3.25. The Morgan fingerprint density at radius 2 is 1.66 bits per heavy atom. The number of rotatable bonds is 2. The number of halogens is 1. The van der Waals surface area contributed by atoms with Gasteiger partial charge in [0.25, 0.3) is 0 Å². The van der Waals surface area contributed by atoms with Crippen LogP contribution in [0.3, 0.4) is 0 Å². The van der Waals surface area contributed by atoms with E-state index in [-0.39, 0.29) is 29.1 Å². The third-order valence-electron chi connectivity index (χ3n) is 7.02. The van der Waals surface area contributed by atoms with Crippen LogP contribution in [0.25, 0.3) is 0 Å². The Morgan fingerprint density at radius 3 is 2.34 bits per heavy atom. The molecule has 1 aromatic rings. The lowest BCUT2D eigenvalue weighted by atomic mass is 9.66. The van der Waals surface area contributed by atoms with Gasteiger partial charge in [0.1, 0.15) is 5.82 Å². The first-order valence-electron chi connectivity index (χ1n) is 10.8. The van der Waals surface area contributed by atoms with Crippen LogP contribution in [0.2, 0.25) is 0 Å². The van der Waals surface area contributed by atoms with Gasteiger partial charge in [0.15, 0.2) is 0 Å². The zero-order valence-electron chi connectivity index (χ0n) is 17.2. The summed E-state index contributed by atoms with van der Waals surface area (Å²) in [5.41, 5.74) is 0.138. The molecule has 3 fully saturated rings. The molecule has 1 atom stereocenters. The molecule has 3 amide bonds. The second-order valence-corrected chi connectivity index (χ2v) is 8.78. The van der Waals surface area contributed by atoms with Crippen molar-refractivity contribution in [1.29, 1.82) is 0 Å². The number of benzene rings is 1. The molecular formula is C22H31FN4O2. The van der Waals surface area contributed by atoms with Crippen molar-refractivity contribution in [2.24, 2.45) is 5.41 Å². The first kappa shape index (κ1) is 20.1. The fourth-order valence-corrected chi connectivity index (χ4v) is 5.41. The number of amides is 3. The SMILES string of the molecule is CN1CCCC2(CCN(C(=O)Nc3ccccc3F)CC2)C1C(=O)N1CCCC1. The standard InChI is InChI=1S/C22H31FN4O2/c1-25-12-6-9-22(19(25)20(28)26-13-4-5-14-26)10-15-27(16-11-22)21(29)24-18-8-3-2-7-17(18)23/h2-3,7-8,19H,4-6,9-16H2,1H3,(H,24,29). The molecule has 1 aromatic carbocycles.